The molecule has 0 amide bonds. The highest BCUT2D eigenvalue weighted by Gasteiger charge is 2.18. The Bertz CT molecular complexity index is 640. The van der Waals surface area contributed by atoms with Crippen LogP contribution < -0.4 is 4.72 Å². The highest BCUT2D eigenvalue weighted by atomic mass is 35.5. The Morgan fingerprint density at radius 1 is 1.31 bits per heavy atom. The van der Waals surface area contributed by atoms with Crippen LogP contribution >= 0.6 is 11.6 Å². The van der Waals surface area contributed by atoms with Gasteiger partial charge in [0.25, 0.3) is 0 Å². The van der Waals surface area contributed by atoms with Crippen molar-refractivity contribution in [1.82, 2.24) is 9.71 Å². The van der Waals surface area contributed by atoms with E-state index in [2.05, 4.69) is 9.71 Å². The summed E-state index contributed by atoms with van der Waals surface area (Å²) >= 11 is 6.05. The molecule has 0 aliphatic heterocycles. The van der Waals surface area contributed by atoms with E-state index >= 15 is 0 Å². The number of nitrogens with zero attached hydrogens (tertiary/aromatic N) is 1. The van der Waals surface area contributed by atoms with Gasteiger partial charge in [-0.25, -0.2) is 13.1 Å². The van der Waals surface area contributed by atoms with E-state index in [1.165, 1.54) is 13.2 Å². The first-order valence-electron chi connectivity index (χ1n) is 4.53. The molecular formula is C10H9ClN2O2S. The molecule has 0 fully saturated rings. The average Bonchev–Trinajstić information content (AvgIpc) is 2.29. The van der Waals surface area contributed by atoms with Gasteiger partial charge < -0.3 is 0 Å². The van der Waals surface area contributed by atoms with Gasteiger partial charge in [-0.3, -0.25) is 4.98 Å². The van der Waals surface area contributed by atoms with Gasteiger partial charge >= 0.3 is 0 Å². The fourth-order valence-electron chi connectivity index (χ4n) is 1.39. The number of para-hydroxylation sites is 1. The predicted octanol–water partition coefficient (Wildman–Crippen LogP) is 1.80. The molecule has 0 bridgehead atoms. The van der Waals surface area contributed by atoms with E-state index in [0.29, 0.717) is 10.9 Å². The lowest BCUT2D eigenvalue weighted by molar-refractivity contribution is 0.588. The zero-order valence-corrected chi connectivity index (χ0v) is 10.0. The summed E-state index contributed by atoms with van der Waals surface area (Å²) in [6, 6.07) is 7.11. The summed E-state index contributed by atoms with van der Waals surface area (Å²) in [6.07, 6.45) is 1.26. The molecule has 0 saturated carbocycles. The zero-order valence-electron chi connectivity index (χ0n) is 8.44. The molecular weight excluding hydrogens is 248 g/mol. The number of hydrogen-bond donors (Lipinski definition) is 1. The van der Waals surface area contributed by atoms with Crippen molar-refractivity contribution in [2.45, 2.75) is 4.90 Å². The Kier molecular flexibility index (Phi) is 2.84. The number of pyridine rings is 1. The molecule has 1 aromatic carbocycles. The average molecular weight is 257 g/mol. The molecule has 1 aromatic heterocycles. The molecule has 4 nitrogen and oxygen atoms in total. The third-order valence-electron chi connectivity index (χ3n) is 2.24. The molecule has 0 unspecified atom stereocenters. The number of hydrogen-bond acceptors (Lipinski definition) is 3. The summed E-state index contributed by atoms with van der Waals surface area (Å²) in [5.74, 6) is 0. The molecule has 0 aliphatic carbocycles. The standard InChI is InChI=1S/C10H9ClN2O2S/c1-12-16(14,15)9-6-13-8-5-3-2-4-7(8)10(9)11/h2-6,12H,1H3. The molecule has 84 valence electrons. The lowest BCUT2D eigenvalue weighted by atomic mass is 10.2. The van der Waals surface area contributed by atoms with Gasteiger partial charge in [0.2, 0.25) is 10.0 Å². The van der Waals surface area contributed by atoms with Crippen molar-refractivity contribution < 1.29 is 8.42 Å². The van der Waals surface area contributed by atoms with E-state index in [4.69, 9.17) is 11.6 Å². The summed E-state index contributed by atoms with van der Waals surface area (Å²) in [5.41, 5.74) is 0.669. The summed E-state index contributed by atoms with van der Waals surface area (Å²) in [7, 11) is -2.23. The molecule has 0 aliphatic rings. The lowest BCUT2D eigenvalue weighted by Crippen LogP contribution is -2.19. The van der Waals surface area contributed by atoms with Crippen LogP contribution in [0.5, 0.6) is 0 Å². The van der Waals surface area contributed by atoms with Crippen LogP contribution in [0.2, 0.25) is 5.02 Å². The molecule has 0 atom stereocenters. The monoisotopic (exact) mass is 256 g/mol. The molecule has 2 aromatic rings. The highest BCUT2D eigenvalue weighted by Crippen LogP contribution is 2.28. The number of nitrogens with one attached hydrogen (secondary N) is 1. The van der Waals surface area contributed by atoms with Crippen LogP contribution in [0.25, 0.3) is 10.9 Å². The van der Waals surface area contributed by atoms with Crippen LogP contribution in [0, 0.1) is 0 Å². The van der Waals surface area contributed by atoms with Gasteiger partial charge in [-0.1, -0.05) is 29.8 Å². The largest absolute Gasteiger partial charge is 0.255 e. The van der Waals surface area contributed by atoms with E-state index < -0.39 is 10.0 Å². The summed E-state index contributed by atoms with van der Waals surface area (Å²) < 4.78 is 25.5. The van der Waals surface area contributed by atoms with Crippen LogP contribution in [0.15, 0.2) is 35.4 Å². The van der Waals surface area contributed by atoms with Gasteiger partial charge in [-0.2, -0.15) is 0 Å². The van der Waals surface area contributed by atoms with Gasteiger partial charge in [0.05, 0.1) is 10.5 Å². The Labute approximate surface area is 98.3 Å². The van der Waals surface area contributed by atoms with E-state index in [0.717, 1.165) is 0 Å². The van der Waals surface area contributed by atoms with Crippen LogP contribution in [0.1, 0.15) is 0 Å². The topological polar surface area (TPSA) is 59.1 Å². The maximum absolute atomic E-state index is 11.6. The summed E-state index contributed by atoms with van der Waals surface area (Å²) in [6.45, 7) is 0. The van der Waals surface area contributed by atoms with E-state index in [1.807, 2.05) is 6.07 Å². The molecule has 1 N–H and O–H groups in total. The Morgan fingerprint density at radius 3 is 2.69 bits per heavy atom. The Balaban J connectivity index is 2.80. The first-order chi connectivity index (χ1) is 7.56. The second-order valence-electron chi connectivity index (χ2n) is 3.16. The first kappa shape index (κ1) is 11.3. The van der Waals surface area contributed by atoms with Gasteiger partial charge in [0.1, 0.15) is 4.90 Å². The van der Waals surface area contributed by atoms with Crippen molar-refractivity contribution >= 4 is 32.5 Å². The molecule has 2 rings (SSSR count). The van der Waals surface area contributed by atoms with Gasteiger partial charge in [-0.15, -0.1) is 0 Å². The first-order valence-corrected chi connectivity index (χ1v) is 6.39. The number of rotatable bonds is 2. The fourth-order valence-corrected chi connectivity index (χ4v) is 2.66. The van der Waals surface area contributed by atoms with E-state index in [9.17, 15) is 8.42 Å². The van der Waals surface area contributed by atoms with Gasteiger partial charge in [0.15, 0.2) is 0 Å². The van der Waals surface area contributed by atoms with Crippen molar-refractivity contribution in [3.05, 3.63) is 35.5 Å². The number of sulfonamides is 1. The normalized spacial score (nSPS) is 11.9. The van der Waals surface area contributed by atoms with E-state index in [1.54, 1.807) is 18.2 Å². The fraction of sp³-hybridized carbons (Fsp3) is 0.100. The smallest absolute Gasteiger partial charge is 0.243 e. The minimum atomic E-state index is -3.56. The number of halogens is 1. The zero-order chi connectivity index (χ0) is 11.8. The van der Waals surface area contributed by atoms with Crippen molar-refractivity contribution in [3.8, 4) is 0 Å². The quantitative estimate of drug-likeness (QED) is 0.891. The maximum atomic E-state index is 11.6. The van der Waals surface area contributed by atoms with Crippen LogP contribution in [0.3, 0.4) is 0 Å². The molecule has 1 heterocycles. The van der Waals surface area contributed by atoms with Crippen LogP contribution in [-0.4, -0.2) is 20.4 Å². The molecule has 16 heavy (non-hydrogen) atoms. The minimum absolute atomic E-state index is 0.00429. The lowest BCUT2D eigenvalue weighted by Gasteiger charge is -2.06. The van der Waals surface area contributed by atoms with Crippen LogP contribution in [-0.2, 0) is 10.0 Å². The number of fused-ring (bicyclic) bond motifs is 1. The van der Waals surface area contributed by atoms with Crippen molar-refractivity contribution in [1.29, 1.82) is 0 Å². The number of aromatic nitrogens is 1. The second-order valence-corrected chi connectivity index (χ2v) is 5.39. The van der Waals surface area contributed by atoms with Gasteiger partial charge in [0, 0.05) is 11.6 Å². The molecule has 6 heteroatoms. The van der Waals surface area contributed by atoms with E-state index in [-0.39, 0.29) is 9.92 Å². The molecule has 0 saturated heterocycles. The highest BCUT2D eigenvalue weighted by molar-refractivity contribution is 7.89. The van der Waals surface area contributed by atoms with Crippen LogP contribution in [0.4, 0.5) is 0 Å². The third kappa shape index (κ3) is 1.77. The molecule has 0 spiro atoms. The SMILES string of the molecule is CNS(=O)(=O)c1cnc2ccccc2c1Cl. The van der Waals surface area contributed by atoms with Crippen molar-refractivity contribution in [2.75, 3.05) is 7.05 Å². The summed E-state index contributed by atoms with van der Waals surface area (Å²) in [4.78, 5) is 4.05. The summed E-state index contributed by atoms with van der Waals surface area (Å²) in [5, 5.41) is 0.820. The molecule has 0 radical (unpaired) electrons. The Morgan fingerprint density at radius 2 is 2.00 bits per heavy atom. The van der Waals surface area contributed by atoms with Gasteiger partial charge in [-0.05, 0) is 13.1 Å². The minimum Gasteiger partial charge on any atom is -0.255 e. The second kappa shape index (κ2) is 4.01. The Hall–Kier alpha value is -1.17. The predicted molar refractivity (Wildman–Crippen MR) is 63.0 cm³/mol. The number of benzene rings is 1. The van der Waals surface area contributed by atoms with Crippen molar-refractivity contribution in [3.63, 3.8) is 0 Å². The van der Waals surface area contributed by atoms with Crippen molar-refractivity contribution in [2.24, 2.45) is 0 Å². The maximum Gasteiger partial charge on any atom is 0.243 e. The third-order valence-corrected chi connectivity index (χ3v) is 4.18.